The first-order valence-corrected chi connectivity index (χ1v) is 25.4. The molecule has 0 amide bonds. The summed E-state index contributed by atoms with van der Waals surface area (Å²) in [7, 11) is 3.50. The molecule has 0 bridgehead atoms. The third kappa shape index (κ3) is 5.31. The molecule has 1 saturated heterocycles. The third-order valence-corrected chi connectivity index (χ3v) is 36.8. The first kappa shape index (κ1) is 34.3. The molecule has 2 fully saturated rings. The summed E-state index contributed by atoms with van der Waals surface area (Å²) >= 11 is -3.19. The zero-order valence-electron chi connectivity index (χ0n) is 27.9. The van der Waals surface area contributed by atoms with Crippen molar-refractivity contribution < 1.29 is 54.3 Å². The monoisotopic (exact) mass is 830 g/mol. The summed E-state index contributed by atoms with van der Waals surface area (Å²) in [6.07, 6.45) is 13.4. The number of hydrogen-bond acceptors (Lipinski definition) is 2. The summed E-state index contributed by atoms with van der Waals surface area (Å²) in [5.74, 6) is 1.83. The van der Waals surface area contributed by atoms with Gasteiger partial charge in [-0.1, -0.05) is 0 Å². The first-order chi connectivity index (χ1) is 22.1. The van der Waals surface area contributed by atoms with Crippen LogP contribution in [0.3, 0.4) is 0 Å². The van der Waals surface area contributed by atoms with Crippen molar-refractivity contribution in [2.75, 3.05) is 14.2 Å². The number of hydrogen-bond donors (Lipinski definition) is 0. The van der Waals surface area contributed by atoms with Gasteiger partial charge in [-0.05, 0) is 0 Å². The van der Waals surface area contributed by atoms with Crippen LogP contribution in [0.15, 0.2) is 96.1 Å². The van der Waals surface area contributed by atoms with Crippen LogP contribution in [-0.4, -0.2) is 14.2 Å². The van der Waals surface area contributed by atoms with Gasteiger partial charge in [0.05, 0.1) is 0 Å². The molecule has 4 unspecified atom stereocenters. The Bertz CT molecular complexity index is 1690. The molecule has 1 aliphatic heterocycles. The fraction of sp³-hybridized carbons (Fsp3) is 0.333. The van der Waals surface area contributed by atoms with E-state index < -0.39 is 20.0 Å². The molecule has 2 nitrogen and oxygen atoms in total. The summed E-state index contributed by atoms with van der Waals surface area (Å²) in [5.41, 5.74) is 15.1. The standard InChI is InChI=1S/2C18H17O.C6H10.2ClH.Hf/c2*1-3-13-11-15-5-4-6-17(18(15)12-13)14-7-9-16(19-2)10-8-14;1-2-4-6-5-3-1;;;/h2*4-12H,3H2,1-2H3;1-2H,3-6H2;2*1H;/q;;;;;+2/p-2. The zero-order chi connectivity index (χ0) is 30.7. The van der Waals surface area contributed by atoms with Crippen molar-refractivity contribution in [2.45, 2.75) is 67.1 Å². The average Bonchev–Trinajstić information content (AvgIpc) is 3.38. The third-order valence-electron chi connectivity index (χ3n) is 11.9. The molecular formula is C42H44Cl2HfO2. The molecule has 0 aromatic heterocycles. The van der Waals surface area contributed by atoms with Gasteiger partial charge in [0.2, 0.25) is 0 Å². The van der Waals surface area contributed by atoms with Gasteiger partial charge in [0, 0.05) is 0 Å². The van der Waals surface area contributed by atoms with Gasteiger partial charge in [-0.15, -0.1) is 0 Å². The van der Waals surface area contributed by atoms with Crippen molar-refractivity contribution in [1.29, 1.82) is 0 Å². The molecule has 0 radical (unpaired) electrons. The van der Waals surface area contributed by atoms with Crippen LogP contribution in [0.1, 0.15) is 82.0 Å². The van der Waals surface area contributed by atoms with Crippen LogP contribution in [0.2, 0.25) is 7.35 Å². The summed E-state index contributed by atoms with van der Waals surface area (Å²) in [6, 6.07) is 31.8. The molecule has 4 aliphatic rings. The Morgan fingerprint density at radius 1 is 0.574 bits per heavy atom. The van der Waals surface area contributed by atoms with Crippen molar-refractivity contribution in [2.24, 2.45) is 0 Å². The number of halogens is 2. The Hall–Kier alpha value is -2.59. The van der Waals surface area contributed by atoms with E-state index in [1.165, 1.54) is 59.1 Å². The Kier molecular flexibility index (Phi) is 10.0. The predicted molar refractivity (Wildman–Crippen MR) is 185 cm³/mol. The van der Waals surface area contributed by atoms with Gasteiger partial charge in [-0.25, -0.2) is 0 Å². The maximum Gasteiger partial charge on any atom is -1.00 e. The SMILES string of the molecule is CCC1=Cc2c(-c3ccc(OC)cc3)cccc2[CH]1[Hf+2]1([CH]2C(CC)=Cc3c(-c4ccc(OC)cc4)cccc32)[CH]2CCCC[CH]21.[Cl-].[Cl-]. The van der Waals surface area contributed by atoms with Gasteiger partial charge >= 0.3 is 275 Å². The summed E-state index contributed by atoms with van der Waals surface area (Å²) in [6.45, 7) is 4.85. The number of allylic oxidation sites excluding steroid dienone is 2. The second-order valence-electron chi connectivity index (χ2n) is 13.6. The van der Waals surface area contributed by atoms with E-state index >= 15 is 0 Å². The van der Waals surface area contributed by atoms with Crippen molar-refractivity contribution >= 4 is 12.2 Å². The molecule has 0 spiro atoms. The summed E-state index contributed by atoms with van der Waals surface area (Å²) in [5, 5.41) is 0. The van der Waals surface area contributed by atoms with E-state index in [9.17, 15) is 0 Å². The number of methoxy groups -OCH3 is 2. The van der Waals surface area contributed by atoms with Crippen molar-refractivity contribution in [3.63, 3.8) is 0 Å². The van der Waals surface area contributed by atoms with E-state index in [4.69, 9.17) is 9.47 Å². The van der Waals surface area contributed by atoms with Gasteiger partial charge < -0.3 is 24.8 Å². The van der Waals surface area contributed by atoms with Crippen LogP contribution in [0.5, 0.6) is 11.5 Å². The Morgan fingerprint density at radius 2 is 0.979 bits per heavy atom. The number of benzene rings is 4. The minimum atomic E-state index is -3.19. The normalized spacial score (nSPS) is 23.5. The second-order valence-corrected chi connectivity index (χ2v) is 30.2. The summed E-state index contributed by atoms with van der Waals surface area (Å²) < 4.78 is 14.3. The molecule has 1 heterocycles. The van der Waals surface area contributed by atoms with Gasteiger partial charge in [0.1, 0.15) is 0 Å². The largest absolute Gasteiger partial charge is 1.00 e. The van der Waals surface area contributed by atoms with Crippen LogP contribution in [0.4, 0.5) is 0 Å². The number of rotatable bonds is 8. The van der Waals surface area contributed by atoms with Gasteiger partial charge in [0.15, 0.2) is 0 Å². The molecule has 5 heteroatoms. The predicted octanol–water partition coefficient (Wildman–Crippen LogP) is 5.76. The zero-order valence-corrected chi connectivity index (χ0v) is 33.0. The molecule has 4 atom stereocenters. The topological polar surface area (TPSA) is 18.5 Å². The quantitative estimate of drug-likeness (QED) is 0.211. The second kappa shape index (κ2) is 13.7. The van der Waals surface area contributed by atoms with Crippen LogP contribution in [-0.2, 0) is 20.0 Å². The molecule has 47 heavy (non-hydrogen) atoms. The minimum Gasteiger partial charge on any atom is -1.00 e. The van der Waals surface area contributed by atoms with Crippen molar-refractivity contribution in [3.05, 3.63) is 118 Å². The van der Waals surface area contributed by atoms with Crippen molar-refractivity contribution in [3.8, 4) is 33.8 Å². The molecule has 4 aromatic carbocycles. The smallest absolute Gasteiger partial charge is 1.00 e. The van der Waals surface area contributed by atoms with E-state index in [2.05, 4.69) is 111 Å². The Balaban J connectivity index is 0.00000193. The van der Waals surface area contributed by atoms with Crippen LogP contribution >= 0.6 is 0 Å². The van der Waals surface area contributed by atoms with Crippen LogP contribution < -0.4 is 34.3 Å². The maximum atomic E-state index is 5.50. The molecule has 3 aliphatic carbocycles. The van der Waals surface area contributed by atoms with Gasteiger partial charge in [0.25, 0.3) is 0 Å². The van der Waals surface area contributed by atoms with Crippen molar-refractivity contribution in [1.82, 2.24) is 0 Å². The maximum absolute atomic E-state index is 5.50. The van der Waals surface area contributed by atoms with E-state index in [-0.39, 0.29) is 24.8 Å². The first-order valence-electron chi connectivity index (χ1n) is 17.1. The molecule has 0 N–H and O–H groups in total. The van der Waals surface area contributed by atoms with E-state index in [1.54, 1.807) is 36.5 Å². The number of fused-ring (bicyclic) bond motifs is 3. The van der Waals surface area contributed by atoms with E-state index in [0.29, 0.717) is 7.35 Å². The summed E-state index contributed by atoms with van der Waals surface area (Å²) in [4.78, 5) is 0. The molecule has 242 valence electrons. The average molecular weight is 830 g/mol. The Labute approximate surface area is 297 Å². The molecule has 1 saturated carbocycles. The number of ether oxygens (including phenoxy) is 2. The van der Waals surface area contributed by atoms with Crippen LogP contribution in [0.25, 0.3) is 34.4 Å². The van der Waals surface area contributed by atoms with Crippen LogP contribution in [0, 0.1) is 0 Å². The van der Waals surface area contributed by atoms with E-state index in [0.717, 1.165) is 31.7 Å². The Morgan fingerprint density at radius 3 is 1.34 bits per heavy atom. The fourth-order valence-electron chi connectivity index (χ4n) is 10.0. The molecular weight excluding hydrogens is 786 g/mol. The molecule has 4 aromatic rings. The van der Waals surface area contributed by atoms with E-state index in [1.807, 2.05) is 0 Å². The van der Waals surface area contributed by atoms with Gasteiger partial charge in [-0.3, -0.25) is 0 Å². The molecule has 8 rings (SSSR count). The fourth-order valence-corrected chi connectivity index (χ4v) is 45.9. The van der Waals surface area contributed by atoms with Gasteiger partial charge in [-0.2, -0.15) is 0 Å². The minimum absolute atomic E-state index is 0.